The molecule has 0 fully saturated rings. The quantitative estimate of drug-likeness (QED) is 0.667. The molecule has 0 spiro atoms. The van der Waals surface area contributed by atoms with Gasteiger partial charge in [-0.1, -0.05) is 0 Å². The molecule has 0 saturated heterocycles. The van der Waals surface area contributed by atoms with Crippen LogP contribution in [-0.4, -0.2) is 22.9 Å². The highest BCUT2D eigenvalue weighted by atomic mass is 32.1. The van der Waals surface area contributed by atoms with Crippen LogP contribution in [0.3, 0.4) is 0 Å². The number of nitrogens with zero attached hydrogens (tertiary/aromatic N) is 2. The summed E-state index contributed by atoms with van der Waals surface area (Å²) in [6.07, 6.45) is 0. The molecule has 0 aliphatic carbocycles. The zero-order chi connectivity index (χ0) is 14.7. The van der Waals surface area contributed by atoms with Gasteiger partial charge in [0.15, 0.2) is 5.13 Å². The van der Waals surface area contributed by atoms with Gasteiger partial charge in [0, 0.05) is 24.1 Å². The fourth-order valence-corrected chi connectivity index (χ4v) is 2.30. The molecule has 0 aliphatic rings. The van der Waals surface area contributed by atoms with E-state index < -0.39 is 10.8 Å². The highest BCUT2D eigenvalue weighted by molar-refractivity contribution is 7.13. The Morgan fingerprint density at radius 2 is 2.20 bits per heavy atom. The van der Waals surface area contributed by atoms with E-state index in [1.165, 1.54) is 29.5 Å². The van der Waals surface area contributed by atoms with Gasteiger partial charge in [0.25, 0.3) is 11.6 Å². The van der Waals surface area contributed by atoms with Crippen LogP contribution in [0.2, 0.25) is 0 Å². The largest absolute Gasteiger partial charge is 0.383 e. The van der Waals surface area contributed by atoms with E-state index in [-0.39, 0.29) is 11.3 Å². The van der Waals surface area contributed by atoms with E-state index in [9.17, 15) is 14.9 Å². The van der Waals surface area contributed by atoms with Crippen LogP contribution in [0.5, 0.6) is 0 Å². The van der Waals surface area contributed by atoms with Crippen molar-refractivity contribution < 1.29 is 9.72 Å². The van der Waals surface area contributed by atoms with E-state index in [4.69, 9.17) is 0 Å². The van der Waals surface area contributed by atoms with Crippen molar-refractivity contribution in [1.29, 1.82) is 0 Å². The Hall–Kier alpha value is -2.48. The molecular weight excluding hydrogens is 280 g/mol. The van der Waals surface area contributed by atoms with Gasteiger partial charge in [0.2, 0.25) is 0 Å². The van der Waals surface area contributed by atoms with Crippen molar-refractivity contribution >= 4 is 33.8 Å². The SMILES string of the molecule is CNc1ccc(C(=O)Nc2nc(C)cs2)cc1[N+](=O)[O-]. The van der Waals surface area contributed by atoms with Crippen LogP contribution in [0.15, 0.2) is 23.6 Å². The van der Waals surface area contributed by atoms with Crippen LogP contribution in [0.4, 0.5) is 16.5 Å². The molecule has 2 rings (SSSR count). The lowest BCUT2D eigenvalue weighted by Crippen LogP contribution is -2.12. The maximum absolute atomic E-state index is 12.0. The molecule has 0 atom stereocenters. The molecule has 104 valence electrons. The molecule has 0 saturated carbocycles. The molecule has 0 radical (unpaired) electrons. The molecule has 1 aromatic heterocycles. The highest BCUT2D eigenvalue weighted by Gasteiger charge is 2.17. The Balaban J connectivity index is 2.26. The van der Waals surface area contributed by atoms with Crippen molar-refractivity contribution in [2.75, 3.05) is 17.7 Å². The lowest BCUT2D eigenvalue weighted by atomic mass is 10.1. The predicted molar refractivity (Wildman–Crippen MR) is 77.4 cm³/mol. The standard InChI is InChI=1S/C12H12N4O3S/c1-7-6-20-12(14-7)15-11(17)8-3-4-9(13-2)10(5-8)16(18)19/h3-6,13H,1-2H3,(H,14,15,17). The number of benzene rings is 1. The summed E-state index contributed by atoms with van der Waals surface area (Å²) in [5, 5.41) is 18.5. The molecule has 0 unspecified atom stereocenters. The van der Waals surface area contributed by atoms with E-state index in [2.05, 4.69) is 15.6 Å². The van der Waals surface area contributed by atoms with E-state index in [1.54, 1.807) is 7.05 Å². The third-order valence-corrected chi connectivity index (χ3v) is 3.44. The monoisotopic (exact) mass is 292 g/mol. The van der Waals surface area contributed by atoms with E-state index in [0.717, 1.165) is 5.69 Å². The molecular formula is C12H12N4O3S. The second kappa shape index (κ2) is 5.66. The lowest BCUT2D eigenvalue weighted by molar-refractivity contribution is -0.384. The van der Waals surface area contributed by atoms with Gasteiger partial charge in [-0.2, -0.15) is 0 Å². The number of aromatic nitrogens is 1. The minimum atomic E-state index is -0.532. The van der Waals surface area contributed by atoms with Gasteiger partial charge in [0.1, 0.15) is 5.69 Å². The van der Waals surface area contributed by atoms with Crippen molar-refractivity contribution in [2.45, 2.75) is 6.92 Å². The third kappa shape index (κ3) is 2.91. The molecule has 2 N–H and O–H groups in total. The molecule has 20 heavy (non-hydrogen) atoms. The molecule has 0 aliphatic heterocycles. The van der Waals surface area contributed by atoms with Crippen LogP contribution in [-0.2, 0) is 0 Å². The van der Waals surface area contributed by atoms with E-state index >= 15 is 0 Å². The van der Waals surface area contributed by atoms with E-state index in [1.807, 2.05) is 12.3 Å². The maximum Gasteiger partial charge on any atom is 0.293 e. The fraction of sp³-hybridized carbons (Fsp3) is 0.167. The van der Waals surface area contributed by atoms with Gasteiger partial charge in [-0.15, -0.1) is 11.3 Å². The molecule has 0 bridgehead atoms. The number of carbonyl (C=O) groups excluding carboxylic acids is 1. The second-order valence-electron chi connectivity index (χ2n) is 3.99. The van der Waals surface area contributed by atoms with Crippen molar-refractivity contribution in [3.8, 4) is 0 Å². The predicted octanol–water partition coefficient (Wildman–Crippen LogP) is 2.65. The third-order valence-electron chi connectivity index (χ3n) is 2.57. The summed E-state index contributed by atoms with van der Waals surface area (Å²) in [6.45, 7) is 1.82. The number of thiazole rings is 1. The van der Waals surface area contributed by atoms with Gasteiger partial charge < -0.3 is 5.32 Å². The Bertz CT molecular complexity index is 668. The first-order valence-corrected chi connectivity index (χ1v) is 6.59. The smallest absolute Gasteiger partial charge is 0.293 e. The van der Waals surface area contributed by atoms with Gasteiger partial charge in [0.05, 0.1) is 10.6 Å². The number of hydrogen-bond acceptors (Lipinski definition) is 6. The number of nitro groups is 1. The topological polar surface area (TPSA) is 97.2 Å². The van der Waals surface area contributed by atoms with Crippen LogP contribution in [0, 0.1) is 17.0 Å². The molecule has 1 amide bonds. The number of rotatable bonds is 4. The van der Waals surface area contributed by atoms with Gasteiger partial charge in [-0.05, 0) is 19.1 Å². The number of aryl methyl sites for hydroxylation is 1. The average molecular weight is 292 g/mol. The fourth-order valence-electron chi connectivity index (χ4n) is 1.62. The summed E-state index contributed by atoms with van der Waals surface area (Å²) in [5.74, 6) is -0.426. The van der Waals surface area contributed by atoms with Crippen LogP contribution >= 0.6 is 11.3 Å². The number of hydrogen-bond donors (Lipinski definition) is 2. The minimum Gasteiger partial charge on any atom is -0.383 e. The van der Waals surface area contributed by atoms with Crippen molar-refractivity contribution in [2.24, 2.45) is 0 Å². The first-order chi connectivity index (χ1) is 9.51. The highest BCUT2D eigenvalue weighted by Crippen LogP contribution is 2.25. The van der Waals surface area contributed by atoms with Crippen molar-refractivity contribution in [1.82, 2.24) is 4.98 Å². The summed E-state index contributed by atoms with van der Waals surface area (Å²) in [6, 6.07) is 4.26. The normalized spacial score (nSPS) is 10.1. The Morgan fingerprint density at radius 1 is 1.45 bits per heavy atom. The Labute approximate surface area is 118 Å². The number of nitro benzene ring substituents is 1. The minimum absolute atomic E-state index is 0.143. The van der Waals surface area contributed by atoms with E-state index in [0.29, 0.717) is 10.8 Å². The van der Waals surface area contributed by atoms with Crippen molar-refractivity contribution in [3.63, 3.8) is 0 Å². The van der Waals surface area contributed by atoms with Crippen LogP contribution in [0.25, 0.3) is 0 Å². The van der Waals surface area contributed by atoms with Gasteiger partial charge in [-0.25, -0.2) is 4.98 Å². The lowest BCUT2D eigenvalue weighted by Gasteiger charge is -2.05. The summed E-state index contributed by atoms with van der Waals surface area (Å²) in [4.78, 5) is 26.5. The average Bonchev–Trinajstić information content (AvgIpc) is 2.83. The number of amides is 1. The van der Waals surface area contributed by atoms with Crippen LogP contribution in [0.1, 0.15) is 16.1 Å². The zero-order valence-corrected chi connectivity index (χ0v) is 11.7. The number of anilines is 2. The first-order valence-electron chi connectivity index (χ1n) is 5.71. The Morgan fingerprint density at radius 3 is 2.75 bits per heavy atom. The number of carbonyl (C=O) groups is 1. The second-order valence-corrected chi connectivity index (χ2v) is 4.85. The summed E-state index contributed by atoms with van der Waals surface area (Å²) >= 11 is 1.30. The zero-order valence-electron chi connectivity index (χ0n) is 10.8. The molecule has 1 heterocycles. The molecule has 1 aromatic carbocycles. The maximum atomic E-state index is 12.0. The number of nitrogens with one attached hydrogen (secondary N) is 2. The summed E-state index contributed by atoms with van der Waals surface area (Å²) in [7, 11) is 1.58. The first kappa shape index (κ1) is 13.9. The van der Waals surface area contributed by atoms with Gasteiger partial charge in [-0.3, -0.25) is 20.2 Å². The molecule has 2 aromatic rings. The van der Waals surface area contributed by atoms with Crippen LogP contribution < -0.4 is 10.6 Å². The molecule has 7 nitrogen and oxygen atoms in total. The summed E-state index contributed by atoms with van der Waals surface area (Å²) in [5.41, 5.74) is 1.23. The Kier molecular flexibility index (Phi) is 3.94. The van der Waals surface area contributed by atoms with Crippen molar-refractivity contribution in [3.05, 3.63) is 45.0 Å². The summed E-state index contributed by atoms with van der Waals surface area (Å²) < 4.78 is 0. The van der Waals surface area contributed by atoms with Gasteiger partial charge >= 0.3 is 0 Å². The molecule has 8 heteroatoms.